The Morgan fingerprint density at radius 3 is 2.38 bits per heavy atom. The fraction of sp³-hybridized carbons (Fsp3) is 0.118. The van der Waals surface area contributed by atoms with Crippen LogP contribution in [0.3, 0.4) is 0 Å². The minimum atomic E-state index is 0.330. The summed E-state index contributed by atoms with van der Waals surface area (Å²) in [4.78, 5) is 22.5. The number of nitrogens with one attached hydrogen (secondary N) is 1. The number of hydrogen-bond donors (Lipinski definition) is 1. The number of benzene rings is 1. The molecule has 4 heteroatoms. The SMILES string of the molecule is CCc1ccc(-c2nc(C=O)[nH]c2-c2ccncc2)cc1. The Kier molecular flexibility index (Phi) is 3.60. The van der Waals surface area contributed by atoms with Crippen molar-refractivity contribution in [3.63, 3.8) is 0 Å². The lowest BCUT2D eigenvalue weighted by Gasteiger charge is -2.04. The van der Waals surface area contributed by atoms with E-state index in [0.717, 1.165) is 35.2 Å². The van der Waals surface area contributed by atoms with Gasteiger partial charge in [-0.2, -0.15) is 0 Å². The molecule has 21 heavy (non-hydrogen) atoms. The van der Waals surface area contributed by atoms with Crippen molar-refractivity contribution >= 4 is 6.29 Å². The molecule has 2 aromatic heterocycles. The molecule has 0 radical (unpaired) electrons. The van der Waals surface area contributed by atoms with E-state index in [2.05, 4.69) is 34.0 Å². The van der Waals surface area contributed by atoms with E-state index in [9.17, 15) is 4.79 Å². The predicted molar refractivity (Wildman–Crippen MR) is 82.0 cm³/mol. The van der Waals surface area contributed by atoms with Crippen LogP contribution in [0.15, 0.2) is 48.8 Å². The highest BCUT2D eigenvalue weighted by atomic mass is 16.1. The van der Waals surface area contributed by atoms with Gasteiger partial charge in [0.05, 0.1) is 11.4 Å². The normalized spacial score (nSPS) is 10.5. The highest BCUT2D eigenvalue weighted by Gasteiger charge is 2.13. The van der Waals surface area contributed by atoms with E-state index >= 15 is 0 Å². The third-order valence-electron chi connectivity index (χ3n) is 3.44. The molecule has 0 aliphatic rings. The van der Waals surface area contributed by atoms with Crippen LogP contribution in [0.2, 0.25) is 0 Å². The Labute approximate surface area is 122 Å². The lowest BCUT2D eigenvalue weighted by atomic mass is 10.0. The molecule has 4 nitrogen and oxygen atoms in total. The molecule has 0 bridgehead atoms. The van der Waals surface area contributed by atoms with Gasteiger partial charge >= 0.3 is 0 Å². The van der Waals surface area contributed by atoms with Gasteiger partial charge in [0, 0.05) is 23.5 Å². The largest absolute Gasteiger partial charge is 0.335 e. The summed E-state index contributed by atoms with van der Waals surface area (Å²) < 4.78 is 0. The molecule has 3 aromatic rings. The van der Waals surface area contributed by atoms with E-state index in [1.165, 1.54) is 5.56 Å². The minimum absolute atomic E-state index is 0.330. The van der Waals surface area contributed by atoms with Gasteiger partial charge < -0.3 is 4.98 Å². The van der Waals surface area contributed by atoms with Crippen LogP contribution in [-0.4, -0.2) is 21.2 Å². The fourth-order valence-electron chi connectivity index (χ4n) is 2.28. The molecular formula is C17H15N3O. The van der Waals surface area contributed by atoms with Crippen molar-refractivity contribution in [1.29, 1.82) is 0 Å². The number of rotatable bonds is 4. The molecule has 0 spiro atoms. The molecule has 104 valence electrons. The average Bonchev–Trinajstić information content (AvgIpc) is 3.00. The summed E-state index contributed by atoms with van der Waals surface area (Å²) in [5, 5.41) is 0. The number of nitrogens with zero attached hydrogens (tertiary/aromatic N) is 2. The lowest BCUT2D eigenvalue weighted by molar-refractivity contribution is 0.111. The Morgan fingerprint density at radius 2 is 1.76 bits per heavy atom. The van der Waals surface area contributed by atoms with Crippen LogP contribution in [0.4, 0.5) is 0 Å². The number of carbonyl (C=O) groups is 1. The molecule has 0 atom stereocenters. The summed E-state index contributed by atoms with van der Waals surface area (Å²) in [6, 6.07) is 12.0. The van der Waals surface area contributed by atoms with Crippen LogP contribution in [0, 0.1) is 0 Å². The highest BCUT2D eigenvalue weighted by molar-refractivity contribution is 5.82. The maximum Gasteiger partial charge on any atom is 0.185 e. The van der Waals surface area contributed by atoms with E-state index in [-0.39, 0.29) is 0 Å². The van der Waals surface area contributed by atoms with Crippen molar-refractivity contribution in [2.75, 3.05) is 0 Å². The molecule has 0 saturated carbocycles. The number of pyridine rings is 1. The summed E-state index contributed by atoms with van der Waals surface area (Å²) in [5.74, 6) is 0.330. The number of hydrogen-bond acceptors (Lipinski definition) is 3. The number of aryl methyl sites for hydroxylation is 1. The third-order valence-corrected chi connectivity index (χ3v) is 3.44. The van der Waals surface area contributed by atoms with E-state index < -0.39 is 0 Å². The topological polar surface area (TPSA) is 58.6 Å². The summed E-state index contributed by atoms with van der Waals surface area (Å²) >= 11 is 0. The zero-order valence-electron chi connectivity index (χ0n) is 11.7. The van der Waals surface area contributed by atoms with Gasteiger partial charge in [-0.3, -0.25) is 9.78 Å². The van der Waals surface area contributed by atoms with Crippen LogP contribution in [-0.2, 0) is 6.42 Å². The molecular weight excluding hydrogens is 262 g/mol. The molecule has 0 amide bonds. The van der Waals surface area contributed by atoms with Crippen LogP contribution in [0.1, 0.15) is 23.1 Å². The van der Waals surface area contributed by atoms with Crippen LogP contribution in [0.5, 0.6) is 0 Å². The molecule has 3 rings (SSSR count). The van der Waals surface area contributed by atoms with Gasteiger partial charge in [0.2, 0.25) is 0 Å². The summed E-state index contributed by atoms with van der Waals surface area (Å²) in [5.41, 5.74) is 4.84. The minimum Gasteiger partial charge on any atom is -0.335 e. The number of carbonyl (C=O) groups excluding carboxylic acids is 1. The third kappa shape index (κ3) is 2.60. The Hall–Kier alpha value is -2.75. The van der Waals surface area contributed by atoms with E-state index in [4.69, 9.17) is 0 Å². The Morgan fingerprint density at radius 1 is 1.05 bits per heavy atom. The first-order valence-electron chi connectivity index (χ1n) is 6.86. The van der Waals surface area contributed by atoms with Crippen LogP contribution < -0.4 is 0 Å². The molecule has 1 N–H and O–H groups in total. The van der Waals surface area contributed by atoms with E-state index in [1.807, 2.05) is 24.3 Å². The number of H-pyrrole nitrogens is 1. The number of aldehydes is 1. The van der Waals surface area contributed by atoms with Gasteiger partial charge in [-0.25, -0.2) is 4.98 Å². The number of imidazole rings is 1. The first-order valence-corrected chi connectivity index (χ1v) is 6.86. The highest BCUT2D eigenvalue weighted by Crippen LogP contribution is 2.29. The van der Waals surface area contributed by atoms with Gasteiger partial charge in [0.1, 0.15) is 0 Å². The molecule has 0 saturated heterocycles. The van der Waals surface area contributed by atoms with Gasteiger partial charge in [-0.05, 0) is 24.1 Å². The first kappa shape index (κ1) is 13.2. The zero-order valence-corrected chi connectivity index (χ0v) is 11.7. The van der Waals surface area contributed by atoms with Gasteiger partial charge in [0.15, 0.2) is 12.1 Å². The number of aromatic nitrogens is 3. The van der Waals surface area contributed by atoms with Crippen molar-refractivity contribution in [3.8, 4) is 22.5 Å². The first-order chi connectivity index (χ1) is 10.3. The smallest absolute Gasteiger partial charge is 0.185 e. The molecule has 1 aromatic carbocycles. The maximum atomic E-state index is 11.0. The van der Waals surface area contributed by atoms with Gasteiger partial charge in [0.25, 0.3) is 0 Å². The molecule has 0 aliphatic heterocycles. The quantitative estimate of drug-likeness (QED) is 0.742. The van der Waals surface area contributed by atoms with Crippen molar-refractivity contribution in [3.05, 3.63) is 60.2 Å². The summed E-state index contributed by atoms with van der Waals surface area (Å²) in [7, 11) is 0. The van der Waals surface area contributed by atoms with Crippen molar-refractivity contribution < 1.29 is 4.79 Å². The standard InChI is InChI=1S/C17H15N3O/c1-2-12-3-5-13(6-4-12)16-17(20-15(11-21)19-16)14-7-9-18-10-8-14/h3-11H,2H2,1H3,(H,19,20). The lowest BCUT2D eigenvalue weighted by Crippen LogP contribution is -1.85. The number of aromatic amines is 1. The molecule has 0 unspecified atom stereocenters. The Bertz CT molecular complexity index is 745. The predicted octanol–water partition coefficient (Wildman–Crippen LogP) is 3.51. The summed E-state index contributed by atoms with van der Waals surface area (Å²) in [6.07, 6.45) is 5.17. The second-order valence-corrected chi connectivity index (χ2v) is 4.75. The molecule has 2 heterocycles. The van der Waals surface area contributed by atoms with E-state index in [0.29, 0.717) is 5.82 Å². The van der Waals surface area contributed by atoms with Gasteiger partial charge in [-0.1, -0.05) is 31.2 Å². The van der Waals surface area contributed by atoms with Crippen molar-refractivity contribution in [2.24, 2.45) is 0 Å². The monoisotopic (exact) mass is 277 g/mol. The summed E-state index contributed by atoms with van der Waals surface area (Å²) in [6.45, 7) is 2.12. The van der Waals surface area contributed by atoms with Crippen LogP contribution >= 0.6 is 0 Å². The van der Waals surface area contributed by atoms with Crippen LogP contribution in [0.25, 0.3) is 22.5 Å². The second kappa shape index (κ2) is 5.71. The van der Waals surface area contributed by atoms with Gasteiger partial charge in [-0.15, -0.1) is 0 Å². The van der Waals surface area contributed by atoms with E-state index in [1.54, 1.807) is 12.4 Å². The second-order valence-electron chi connectivity index (χ2n) is 4.75. The molecule has 0 fully saturated rings. The molecule has 0 aliphatic carbocycles. The Balaban J connectivity index is 2.12. The maximum absolute atomic E-state index is 11.0. The zero-order chi connectivity index (χ0) is 14.7. The fourth-order valence-corrected chi connectivity index (χ4v) is 2.28. The van der Waals surface area contributed by atoms with Crippen molar-refractivity contribution in [2.45, 2.75) is 13.3 Å². The van der Waals surface area contributed by atoms with Crippen molar-refractivity contribution in [1.82, 2.24) is 15.0 Å². The average molecular weight is 277 g/mol.